The summed E-state index contributed by atoms with van der Waals surface area (Å²) in [7, 11) is 0. The minimum Gasteiger partial charge on any atom is -0.484 e. The molecule has 0 aliphatic carbocycles. The van der Waals surface area contributed by atoms with Crippen LogP contribution in [0.4, 0.5) is 0 Å². The zero-order valence-corrected chi connectivity index (χ0v) is 19.0. The Morgan fingerprint density at radius 2 is 1.73 bits per heavy atom. The fraction of sp³-hybridized carbons (Fsp3) is 0.192. The molecule has 6 nitrogen and oxygen atoms in total. The molecule has 0 aliphatic heterocycles. The summed E-state index contributed by atoms with van der Waals surface area (Å²) >= 11 is 5.91. The Balaban J connectivity index is 1.41. The molecule has 0 radical (unpaired) electrons. The van der Waals surface area contributed by atoms with E-state index in [4.69, 9.17) is 20.9 Å². The van der Waals surface area contributed by atoms with Crippen molar-refractivity contribution in [2.45, 2.75) is 19.9 Å². The van der Waals surface area contributed by atoms with E-state index in [1.54, 1.807) is 29.2 Å². The smallest absolute Gasteiger partial charge is 0.260 e. The lowest BCUT2D eigenvalue weighted by molar-refractivity contribution is -0.134. The fourth-order valence-corrected chi connectivity index (χ4v) is 3.40. The van der Waals surface area contributed by atoms with Crippen LogP contribution in [0, 0.1) is 6.92 Å². The van der Waals surface area contributed by atoms with Crippen LogP contribution in [0.2, 0.25) is 5.02 Å². The second-order valence-electron chi connectivity index (χ2n) is 7.67. The van der Waals surface area contributed by atoms with Gasteiger partial charge in [0.15, 0.2) is 6.61 Å². The molecule has 7 heteroatoms. The second-order valence-corrected chi connectivity index (χ2v) is 8.11. The van der Waals surface area contributed by atoms with Crippen molar-refractivity contribution in [1.29, 1.82) is 0 Å². The molecule has 0 unspecified atom stereocenters. The van der Waals surface area contributed by atoms with E-state index in [-0.39, 0.29) is 12.5 Å². The van der Waals surface area contributed by atoms with Crippen LogP contribution in [-0.4, -0.2) is 34.1 Å². The highest BCUT2D eigenvalue weighted by atomic mass is 35.5. The third kappa shape index (κ3) is 6.43. The number of hydrogen-bond acceptors (Lipinski definition) is 5. The molecule has 4 aromatic rings. The van der Waals surface area contributed by atoms with Crippen LogP contribution < -0.4 is 4.74 Å². The molecule has 0 spiro atoms. The van der Waals surface area contributed by atoms with Crippen molar-refractivity contribution in [1.82, 2.24) is 15.0 Å². The molecular formula is C26H24ClN3O3. The van der Waals surface area contributed by atoms with Gasteiger partial charge in [-0.2, -0.15) is 4.98 Å². The van der Waals surface area contributed by atoms with Crippen LogP contribution >= 0.6 is 11.6 Å². The maximum absolute atomic E-state index is 13.0. The number of nitrogens with zero attached hydrogens (tertiary/aromatic N) is 3. The van der Waals surface area contributed by atoms with Gasteiger partial charge in [0.2, 0.25) is 11.7 Å². The first-order valence-corrected chi connectivity index (χ1v) is 11.0. The molecule has 33 heavy (non-hydrogen) atoms. The van der Waals surface area contributed by atoms with E-state index in [1.165, 1.54) is 5.56 Å². The van der Waals surface area contributed by atoms with Crippen LogP contribution in [0.25, 0.3) is 11.4 Å². The van der Waals surface area contributed by atoms with Crippen molar-refractivity contribution in [2.75, 3.05) is 13.2 Å². The van der Waals surface area contributed by atoms with Gasteiger partial charge in [-0.25, -0.2) is 0 Å². The van der Waals surface area contributed by atoms with Crippen LogP contribution in [-0.2, 0) is 17.8 Å². The maximum atomic E-state index is 13.0. The van der Waals surface area contributed by atoms with Gasteiger partial charge in [0.1, 0.15) is 5.75 Å². The number of rotatable bonds is 9. The van der Waals surface area contributed by atoms with Crippen molar-refractivity contribution in [2.24, 2.45) is 0 Å². The molecule has 4 rings (SSSR count). The molecule has 1 aromatic heterocycles. The lowest BCUT2D eigenvalue weighted by Gasteiger charge is -2.22. The number of aryl methyl sites for hydroxylation is 1. The van der Waals surface area contributed by atoms with Crippen molar-refractivity contribution in [3.05, 3.63) is 101 Å². The van der Waals surface area contributed by atoms with Crippen molar-refractivity contribution >= 4 is 17.5 Å². The minimum absolute atomic E-state index is 0.0765. The highest BCUT2D eigenvalue weighted by molar-refractivity contribution is 6.30. The summed E-state index contributed by atoms with van der Waals surface area (Å²) in [6.07, 6.45) is 0.443. The van der Waals surface area contributed by atoms with E-state index in [9.17, 15) is 4.79 Å². The summed E-state index contributed by atoms with van der Waals surface area (Å²) < 4.78 is 11.1. The summed E-state index contributed by atoms with van der Waals surface area (Å²) in [6.45, 7) is 2.84. The monoisotopic (exact) mass is 461 g/mol. The standard InChI is InChI=1S/C26H24ClN3O3/c1-19-7-9-21(10-8-19)26-28-24(33-29-26)15-16-30(17-20-5-3-2-4-6-20)25(31)18-32-23-13-11-22(27)12-14-23/h2-14H,15-18H2,1H3. The van der Waals surface area contributed by atoms with E-state index in [2.05, 4.69) is 10.1 Å². The first-order chi connectivity index (χ1) is 16.1. The quantitative estimate of drug-likeness (QED) is 0.336. The number of carbonyl (C=O) groups excluding carboxylic acids is 1. The third-order valence-corrected chi connectivity index (χ3v) is 5.37. The van der Waals surface area contributed by atoms with Gasteiger partial charge in [0, 0.05) is 30.1 Å². The summed E-state index contributed by atoms with van der Waals surface area (Å²) in [5.74, 6) is 1.48. The topological polar surface area (TPSA) is 68.5 Å². The van der Waals surface area contributed by atoms with Gasteiger partial charge >= 0.3 is 0 Å². The Labute approximate surface area is 197 Å². The maximum Gasteiger partial charge on any atom is 0.260 e. The summed E-state index contributed by atoms with van der Waals surface area (Å²) in [5.41, 5.74) is 3.09. The van der Waals surface area contributed by atoms with E-state index in [0.717, 1.165) is 11.1 Å². The molecule has 0 N–H and O–H groups in total. The number of halogens is 1. The molecule has 0 saturated carbocycles. The zero-order chi connectivity index (χ0) is 23.0. The molecule has 0 aliphatic rings. The Bertz CT molecular complexity index is 1180. The normalized spacial score (nSPS) is 10.7. The lowest BCUT2D eigenvalue weighted by atomic mass is 10.1. The predicted molar refractivity (Wildman–Crippen MR) is 127 cm³/mol. The first kappa shape index (κ1) is 22.6. The Hall–Kier alpha value is -3.64. The molecule has 1 heterocycles. The molecular weight excluding hydrogens is 438 g/mol. The SMILES string of the molecule is Cc1ccc(-c2noc(CCN(Cc3ccccc3)C(=O)COc3ccc(Cl)cc3)n2)cc1. The summed E-state index contributed by atoms with van der Waals surface area (Å²) in [6, 6.07) is 24.7. The van der Waals surface area contributed by atoms with Gasteiger partial charge in [-0.1, -0.05) is 76.9 Å². The van der Waals surface area contributed by atoms with Crippen LogP contribution in [0.15, 0.2) is 83.4 Å². The van der Waals surface area contributed by atoms with Gasteiger partial charge in [0.05, 0.1) is 0 Å². The molecule has 1 amide bonds. The van der Waals surface area contributed by atoms with E-state index < -0.39 is 0 Å². The van der Waals surface area contributed by atoms with E-state index >= 15 is 0 Å². The van der Waals surface area contributed by atoms with Crippen molar-refractivity contribution in [3.63, 3.8) is 0 Å². The highest BCUT2D eigenvalue weighted by Crippen LogP contribution is 2.18. The summed E-state index contributed by atoms with van der Waals surface area (Å²) in [5, 5.41) is 4.70. The van der Waals surface area contributed by atoms with E-state index in [1.807, 2.05) is 61.5 Å². The zero-order valence-electron chi connectivity index (χ0n) is 18.3. The minimum atomic E-state index is -0.132. The van der Waals surface area contributed by atoms with Gasteiger partial charge in [0.25, 0.3) is 5.91 Å². The van der Waals surface area contributed by atoms with Crippen molar-refractivity contribution < 1.29 is 14.1 Å². The third-order valence-electron chi connectivity index (χ3n) is 5.12. The number of aromatic nitrogens is 2. The molecule has 0 saturated heterocycles. The van der Waals surface area contributed by atoms with Gasteiger partial charge < -0.3 is 14.2 Å². The second kappa shape index (κ2) is 10.8. The Morgan fingerprint density at radius 1 is 1.00 bits per heavy atom. The van der Waals surface area contributed by atoms with Crippen molar-refractivity contribution in [3.8, 4) is 17.1 Å². The number of carbonyl (C=O) groups is 1. The van der Waals surface area contributed by atoms with Gasteiger partial charge in [-0.3, -0.25) is 4.79 Å². The average Bonchev–Trinajstić information content (AvgIpc) is 3.31. The van der Waals surface area contributed by atoms with Crippen LogP contribution in [0.5, 0.6) is 5.75 Å². The number of amides is 1. The molecule has 0 fully saturated rings. The number of ether oxygens (including phenoxy) is 1. The Morgan fingerprint density at radius 3 is 2.45 bits per heavy atom. The largest absolute Gasteiger partial charge is 0.484 e. The average molecular weight is 462 g/mol. The van der Waals surface area contributed by atoms with Crippen LogP contribution in [0.1, 0.15) is 17.0 Å². The van der Waals surface area contributed by atoms with E-state index in [0.29, 0.717) is 42.0 Å². The van der Waals surface area contributed by atoms with Gasteiger partial charge in [-0.15, -0.1) is 0 Å². The molecule has 168 valence electrons. The molecule has 3 aromatic carbocycles. The molecule has 0 atom stereocenters. The predicted octanol–water partition coefficient (Wildman–Crippen LogP) is 5.35. The Kier molecular flexibility index (Phi) is 7.37. The fourth-order valence-electron chi connectivity index (χ4n) is 3.27. The number of benzene rings is 3. The van der Waals surface area contributed by atoms with Gasteiger partial charge in [-0.05, 0) is 36.8 Å². The van der Waals surface area contributed by atoms with Crippen LogP contribution in [0.3, 0.4) is 0 Å². The highest BCUT2D eigenvalue weighted by Gasteiger charge is 2.17. The first-order valence-electron chi connectivity index (χ1n) is 10.7. The lowest BCUT2D eigenvalue weighted by Crippen LogP contribution is -2.36. The number of hydrogen-bond donors (Lipinski definition) is 0. The summed E-state index contributed by atoms with van der Waals surface area (Å²) in [4.78, 5) is 19.2. The molecule has 0 bridgehead atoms.